The van der Waals surface area contributed by atoms with Crippen LogP contribution in [0.2, 0.25) is 0 Å². The van der Waals surface area contributed by atoms with Crippen molar-refractivity contribution in [1.29, 1.82) is 0 Å². The molecule has 0 aromatic heterocycles. The van der Waals surface area contributed by atoms with Crippen LogP contribution in [-0.2, 0) is 0 Å². The zero-order valence-electron chi connectivity index (χ0n) is 18.7. The average Bonchev–Trinajstić information content (AvgIpc) is 2.68. The van der Waals surface area contributed by atoms with E-state index in [1.807, 2.05) is 6.08 Å². The zero-order chi connectivity index (χ0) is 19.7. The molecule has 0 saturated heterocycles. The number of allylic oxidation sites excluding steroid dienone is 5. The van der Waals surface area contributed by atoms with Gasteiger partial charge in [-0.25, -0.2) is 0 Å². The summed E-state index contributed by atoms with van der Waals surface area (Å²) >= 11 is 0. The summed E-state index contributed by atoms with van der Waals surface area (Å²) < 4.78 is 0. The molecule has 0 unspecified atom stereocenters. The van der Waals surface area contributed by atoms with E-state index >= 15 is 0 Å². The number of rotatable bonds is 22. The van der Waals surface area contributed by atoms with Gasteiger partial charge in [0.25, 0.3) is 0 Å². The maximum atomic E-state index is 3.78. The van der Waals surface area contributed by atoms with Gasteiger partial charge in [0.1, 0.15) is 0 Å². The van der Waals surface area contributed by atoms with Crippen molar-refractivity contribution in [2.24, 2.45) is 0 Å². The molecule has 0 radical (unpaired) electrons. The predicted molar refractivity (Wildman–Crippen MR) is 126 cm³/mol. The smallest absolute Gasteiger partial charge is 0.0348 e. The Labute approximate surface area is 172 Å². The lowest BCUT2D eigenvalue weighted by Gasteiger charge is -2.02. The molecule has 0 rings (SSSR count). The van der Waals surface area contributed by atoms with Crippen molar-refractivity contribution in [1.82, 2.24) is 0 Å². The van der Waals surface area contributed by atoms with E-state index < -0.39 is 0 Å². The average molecular weight is 375 g/mol. The minimum absolute atomic E-state index is 1.20. The van der Waals surface area contributed by atoms with Crippen LogP contribution in [0.1, 0.15) is 135 Å². The van der Waals surface area contributed by atoms with Crippen LogP contribution in [0.15, 0.2) is 37.0 Å². The largest absolute Gasteiger partial charge is 0.103 e. The zero-order valence-corrected chi connectivity index (χ0v) is 18.7. The van der Waals surface area contributed by atoms with Crippen molar-refractivity contribution in [3.05, 3.63) is 37.0 Å². The van der Waals surface area contributed by atoms with E-state index in [0.29, 0.717) is 0 Å². The topological polar surface area (TPSA) is 0 Å². The Morgan fingerprint density at radius 2 is 0.778 bits per heavy atom. The first-order valence-electron chi connectivity index (χ1n) is 12.3. The van der Waals surface area contributed by atoms with Crippen molar-refractivity contribution in [3.63, 3.8) is 0 Å². The molecule has 0 fully saturated rings. The highest BCUT2D eigenvalue weighted by atomic mass is 14.0. The van der Waals surface area contributed by atoms with Gasteiger partial charge < -0.3 is 0 Å². The lowest BCUT2D eigenvalue weighted by molar-refractivity contribution is 0.538. The summed E-state index contributed by atoms with van der Waals surface area (Å²) in [7, 11) is 0. The Balaban J connectivity index is 3.11. The van der Waals surface area contributed by atoms with Crippen molar-refractivity contribution < 1.29 is 0 Å². The Morgan fingerprint density at radius 1 is 0.444 bits per heavy atom. The summed E-state index contributed by atoms with van der Waals surface area (Å²) in [4.78, 5) is 0. The molecule has 0 heterocycles. The van der Waals surface area contributed by atoms with E-state index in [4.69, 9.17) is 0 Å². The van der Waals surface area contributed by atoms with E-state index in [1.165, 1.54) is 128 Å². The third-order valence-electron chi connectivity index (χ3n) is 5.39. The molecule has 0 nitrogen and oxygen atoms in total. The highest BCUT2D eigenvalue weighted by Gasteiger charge is 1.93. The third-order valence-corrected chi connectivity index (χ3v) is 5.39. The maximum absolute atomic E-state index is 3.78. The molecule has 0 saturated carbocycles. The monoisotopic (exact) mass is 374 g/mol. The van der Waals surface area contributed by atoms with Crippen molar-refractivity contribution in [3.8, 4) is 0 Å². The van der Waals surface area contributed by atoms with Crippen LogP contribution in [0.4, 0.5) is 0 Å². The Hall–Kier alpha value is -0.780. The summed E-state index contributed by atoms with van der Waals surface area (Å²) in [6, 6.07) is 0. The Kier molecular flexibility index (Phi) is 24.5. The molecule has 0 aliphatic carbocycles. The van der Waals surface area contributed by atoms with Gasteiger partial charge in [0, 0.05) is 0 Å². The van der Waals surface area contributed by atoms with E-state index in [0.717, 1.165) is 0 Å². The minimum Gasteiger partial charge on any atom is -0.103 e. The van der Waals surface area contributed by atoms with E-state index in [1.54, 1.807) is 0 Å². The molecule has 0 atom stereocenters. The van der Waals surface area contributed by atoms with Crippen LogP contribution in [0.3, 0.4) is 0 Å². The summed E-state index contributed by atoms with van der Waals surface area (Å²) in [5.74, 6) is 0. The molecule has 0 bridgehead atoms. The van der Waals surface area contributed by atoms with E-state index in [9.17, 15) is 0 Å². The first-order chi connectivity index (χ1) is 13.4. The van der Waals surface area contributed by atoms with Gasteiger partial charge in [-0.3, -0.25) is 0 Å². The number of hydrogen-bond acceptors (Lipinski definition) is 0. The SMILES string of the molecule is C=CCCCCCCCCCCCCCCC/C=C\C=C/CCCCCC. The van der Waals surface area contributed by atoms with Gasteiger partial charge in [-0.2, -0.15) is 0 Å². The van der Waals surface area contributed by atoms with Crippen LogP contribution in [0.5, 0.6) is 0 Å². The fourth-order valence-electron chi connectivity index (χ4n) is 3.53. The summed E-state index contributed by atoms with van der Waals surface area (Å²) in [6.07, 6.45) is 38.9. The molecule has 0 amide bonds. The molecule has 0 aliphatic rings. The molecule has 158 valence electrons. The Morgan fingerprint density at radius 3 is 1.15 bits per heavy atom. The standard InChI is InChI=1S/C27H50/c1-3-5-7-9-11-13-15-17-19-21-23-25-27-26-24-22-20-18-16-14-12-10-8-6-4-2/h3,14,16,18,20H,1,4-13,15,17,19,21-27H2,2H3/b16-14-,20-18-. The first-order valence-corrected chi connectivity index (χ1v) is 12.3. The molecule has 0 aliphatic heterocycles. The molecule has 0 aromatic carbocycles. The molecular weight excluding hydrogens is 324 g/mol. The summed E-state index contributed by atoms with van der Waals surface area (Å²) in [5, 5.41) is 0. The Bertz CT molecular complexity index is 323. The van der Waals surface area contributed by atoms with Crippen molar-refractivity contribution in [2.75, 3.05) is 0 Å². The lowest BCUT2D eigenvalue weighted by atomic mass is 10.0. The van der Waals surface area contributed by atoms with Gasteiger partial charge >= 0.3 is 0 Å². The second-order valence-electron chi connectivity index (χ2n) is 8.17. The minimum atomic E-state index is 1.20. The fourth-order valence-corrected chi connectivity index (χ4v) is 3.53. The van der Waals surface area contributed by atoms with Crippen LogP contribution in [-0.4, -0.2) is 0 Å². The molecule has 0 N–H and O–H groups in total. The molecular formula is C27H50. The number of unbranched alkanes of at least 4 members (excludes halogenated alkanes) is 18. The van der Waals surface area contributed by atoms with Gasteiger partial charge in [0.05, 0.1) is 0 Å². The van der Waals surface area contributed by atoms with Crippen LogP contribution >= 0.6 is 0 Å². The second-order valence-corrected chi connectivity index (χ2v) is 8.17. The third kappa shape index (κ3) is 25.2. The van der Waals surface area contributed by atoms with Crippen LogP contribution < -0.4 is 0 Å². The highest BCUT2D eigenvalue weighted by Crippen LogP contribution is 2.13. The van der Waals surface area contributed by atoms with Crippen molar-refractivity contribution in [2.45, 2.75) is 135 Å². The summed E-state index contributed by atoms with van der Waals surface area (Å²) in [6.45, 7) is 6.05. The van der Waals surface area contributed by atoms with Gasteiger partial charge in [-0.1, -0.05) is 127 Å². The van der Waals surface area contributed by atoms with Crippen LogP contribution in [0.25, 0.3) is 0 Å². The fraction of sp³-hybridized carbons (Fsp3) is 0.778. The quantitative estimate of drug-likeness (QED) is 0.100. The first kappa shape index (κ1) is 26.2. The second kappa shape index (κ2) is 25.2. The van der Waals surface area contributed by atoms with Crippen LogP contribution in [0, 0.1) is 0 Å². The van der Waals surface area contributed by atoms with E-state index in [-0.39, 0.29) is 0 Å². The van der Waals surface area contributed by atoms with Crippen molar-refractivity contribution >= 4 is 0 Å². The summed E-state index contributed by atoms with van der Waals surface area (Å²) in [5.41, 5.74) is 0. The van der Waals surface area contributed by atoms with Gasteiger partial charge in [0.15, 0.2) is 0 Å². The molecule has 0 aromatic rings. The lowest BCUT2D eigenvalue weighted by Crippen LogP contribution is -1.83. The maximum Gasteiger partial charge on any atom is -0.0348 e. The van der Waals surface area contributed by atoms with Gasteiger partial charge in [-0.05, 0) is 38.5 Å². The van der Waals surface area contributed by atoms with Gasteiger partial charge in [-0.15, -0.1) is 6.58 Å². The predicted octanol–water partition coefficient (Wildman–Crippen LogP) is 10.1. The van der Waals surface area contributed by atoms with Gasteiger partial charge in [0.2, 0.25) is 0 Å². The van der Waals surface area contributed by atoms with E-state index in [2.05, 4.69) is 37.8 Å². The molecule has 27 heavy (non-hydrogen) atoms. The highest BCUT2D eigenvalue weighted by molar-refractivity contribution is 5.02. The molecule has 0 spiro atoms. The normalized spacial score (nSPS) is 11.7. The number of hydrogen-bond donors (Lipinski definition) is 0. The molecule has 0 heteroatoms.